The van der Waals surface area contributed by atoms with Crippen LogP contribution in [0.15, 0.2) is 54.6 Å². The van der Waals surface area contributed by atoms with E-state index in [1.807, 2.05) is 49.4 Å². The van der Waals surface area contributed by atoms with Crippen molar-refractivity contribution in [3.05, 3.63) is 71.0 Å². The molecule has 5 nitrogen and oxygen atoms in total. The van der Waals surface area contributed by atoms with Crippen LogP contribution in [0.4, 0.5) is 5.69 Å². The molecule has 1 N–H and O–H groups in total. The Labute approximate surface area is 151 Å². The van der Waals surface area contributed by atoms with Crippen molar-refractivity contribution < 1.29 is 9.53 Å². The molecule has 1 heterocycles. The van der Waals surface area contributed by atoms with Crippen LogP contribution in [0, 0.1) is 0 Å². The molecule has 0 saturated heterocycles. The number of carbonyl (C=O) groups excluding carboxylic acids is 1. The minimum Gasteiger partial charge on any atom is -0.455 e. The van der Waals surface area contributed by atoms with E-state index in [1.165, 1.54) is 4.68 Å². The molecule has 0 bridgehead atoms. The van der Waals surface area contributed by atoms with Gasteiger partial charge in [0.05, 0.1) is 16.4 Å². The highest BCUT2D eigenvalue weighted by molar-refractivity contribution is 6.34. The third kappa shape index (κ3) is 3.67. The molecule has 0 saturated carbocycles. The molecule has 0 spiro atoms. The Morgan fingerprint density at radius 1 is 1.16 bits per heavy atom. The van der Waals surface area contributed by atoms with E-state index in [-0.39, 0.29) is 5.91 Å². The molecule has 0 fully saturated rings. The third-order valence-electron chi connectivity index (χ3n) is 3.71. The van der Waals surface area contributed by atoms with Crippen molar-refractivity contribution in [3.63, 3.8) is 0 Å². The zero-order valence-corrected chi connectivity index (χ0v) is 14.7. The predicted octanol–water partition coefficient (Wildman–Crippen LogP) is 4.68. The molecular formula is C19H18ClN3O2. The fourth-order valence-corrected chi connectivity index (χ4v) is 2.86. The fraction of sp³-hybridized carbons (Fsp3) is 0.158. The second-order valence-corrected chi connectivity index (χ2v) is 5.83. The molecular weight excluding hydrogens is 338 g/mol. The van der Waals surface area contributed by atoms with Crippen LogP contribution in [-0.2, 0) is 13.5 Å². The first kappa shape index (κ1) is 17.0. The van der Waals surface area contributed by atoms with E-state index in [2.05, 4.69) is 10.4 Å². The van der Waals surface area contributed by atoms with Crippen molar-refractivity contribution in [2.45, 2.75) is 13.3 Å². The van der Waals surface area contributed by atoms with Gasteiger partial charge in [0.15, 0.2) is 5.75 Å². The molecule has 0 aliphatic heterocycles. The molecule has 2 aromatic carbocycles. The first-order chi connectivity index (χ1) is 12.1. The summed E-state index contributed by atoms with van der Waals surface area (Å²) in [6.07, 6.45) is 0.660. The number of benzene rings is 2. The number of ether oxygens (including phenoxy) is 1. The first-order valence-corrected chi connectivity index (χ1v) is 8.32. The Morgan fingerprint density at radius 2 is 1.84 bits per heavy atom. The lowest BCUT2D eigenvalue weighted by molar-refractivity contribution is 0.101. The summed E-state index contributed by atoms with van der Waals surface area (Å²) in [6.45, 7) is 1.94. The van der Waals surface area contributed by atoms with Crippen molar-refractivity contribution in [2.75, 3.05) is 5.32 Å². The van der Waals surface area contributed by atoms with Crippen LogP contribution in [0.5, 0.6) is 11.5 Å². The average molecular weight is 356 g/mol. The molecule has 3 aromatic rings. The topological polar surface area (TPSA) is 56.2 Å². The van der Waals surface area contributed by atoms with E-state index >= 15 is 0 Å². The van der Waals surface area contributed by atoms with Gasteiger partial charge in [-0.15, -0.1) is 0 Å². The summed E-state index contributed by atoms with van der Waals surface area (Å²) in [7, 11) is 1.70. The Balaban J connectivity index is 1.86. The van der Waals surface area contributed by atoms with Crippen LogP contribution in [0.1, 0.15) is 23.1 Å². The zero-order valence-electron chi connectivity index (χ0n) is 14.0. The molecule has 0 aliphatic rings. The number of para-hydroxylation sites is 3. The zero-order chi connectivity index (χ0) is 17.8. The van der Waals surface area contributed by atoms with Gasteiger partial charge in [0.25, 0.3) is 5.91 Å². The fourth-order valence-electron chi connectivity index (χ4n) is 2.48. The third-order valence-corrected chi connectivity index (χ3v) is 4.11. The van der Waals surface area contributed by atoms with Crippen LogP contribution in [0.3, 0.4) is 0 Å². The number of hydrogen-bond acceptors (Lipinski definition) is 3. The van der Waals surface area contributed by atoms with Gasteiger partial charge >= 0.3 is 0 Å². The van der Waals surface area contributed by atoms with Crippen molar-refractivity contribution in [2.24, 2.45) is 7.05 Å². The second kappa shape index (κ2) is 7.40. The standard InChI is InChI=1S/C19H18ClN3O2/c1-3-14-17(20)18(23(2)22-14)19(24)21-15-11-7-8-12-16(15)25-13-9-5-4-6-10-13/h4-12H,3H2,1-2H3,(H,21,24). The highest BCUT2D eigenvalue weighted by atomic mass is 35.5. The van der Waals surface area contributed by atoms with Gasteiger partial charge in [0, 0.05) is 7.05 Å². The second-order valence-electron chi connectivity index (χ2n) is 5.45. The maximum absolute atomic E-state index is 12.7. The molecule has 0 aliphatic carbocycles. The van der Waals surface area contributed by atoms with Gasteiger partial charge in [0.1, 0.15) is 11.4 Å². The SMILES string of the molecule is CCc1nn(C)c(C(=O)Nc2ccccc2Oc2ccccc2)c1Cl. The van der Waals surface area contributed by atoms with Gasteiger partial charge in [-0.1, -0.05) is 48.9 Å². The average Bonchev–Trinajstić information content (AvgIpc) is 2.91. The van der Waals surface area contributed by atoms with Crippen molar-refractivity contribution in [1.82, 2.24) is 9.78 Å². The molecule has 0 atom stereocenters. The lowest BCUT2D eigenvalue weighted by atomic mass is 10.2. The summed E-state index contributed by atoms with van der Waals surface area (Å²) < 4.78 is 7.36. The highest BCUT2D eigenvalue weighted by Gasteiger charge is 2.21. The Kier molecular flexibility index (Phi) is 5.05. The van der Waals surface area contributed by atoms with E-state index in [9.17, 15) is 4.79 Å². The van der Waals surface area contributed by atoms with Crippen LogP contribution >= 0.6 is 11.6 Å². The van der Waals surface area contributed by atoms with Crippen molar-refractivity contribution in [3.8, 4) is 11.5 Å². The quantitative estimate of drug-likeness (QED) is 0.722. The molecule has 3 rings (SSSR count). The number of rotatable bonds is 5. The predicted molar refractivity (Wildman–Crippen MR) is 98.5 cm³/mol. The van der Waals surface area contributed by atoms with Crippen LogP contribution in [-0.4, -0.2) is 15.7 Å². The van der Waals surface area contributed by atoms with E-state index in [0.717, 1.165) is 0 Å². The summed E-state index contributed by atoms with van der Waals surface area (Å²) in [4.78, 5) is 12.7. The molecule has 25 heavy (non-hydrogen) atoms. The molecule has 6 heteroatoms. The lowest BCUT2D eigenvalue weighted by Crippen LogP contribution is -2.17. The molecule has 0 radical (unpaired) electrons. The number of nitrogens with one attached hydrogen (secondary N) is 1. The first-order valence-electron chi connectivity index (χ1n) is 7.94. The van der Waals surface area contributed by atoms with Gasteiger partial charge in [-0.2, -0.15) is 5.10 Å². The summed E-state index contributed by atoms with van der Waals surface area (Å²) >= 11 is 6.28. The largest absolute Gasteiger partial charge is 0.455 e. The molecule has 1 amide bonds. The summed E-state index contributed by atoms with van der Waals surface area (Å²) in [5.41, 5.74) is 1.59. The number of anilines is 1. The maximum atomic E-state index is 12.7. The van der Waals surface area contributed by atoms with E-state index in [1.54, 1.807) is 19.2 Å². The molecule has 0 unspecified atom stereocenters. The van der Waals surface area contributed by atoms with E-state index in [4.69, 9.17) is 16.3 Å². The number of aryl methyl sites for hydroxylation is 2. The highest BCUT2D eigenvalue weighted by Crippen LogP contribution is 2.30. The molecule has 128 valence electrons. The summed E-state index contributed by atoms with van der Waals surface area (Å²) in [5.74, 6) is 0.913. The Hall–Kier alpha value is -2.79. The molecule has 1 aromatic heterocycles. The van der Waals surface area contributed by atoms with Crippen LogP contribution < -0.4 is 10.1 Å². The smallest absolute Gasteiger partial charge is 0.275 e. The summed E-state index contributed by atoms with van der Waals surface area (Å²) in [5, 5.41) is 7.51. The van der Waals surface area contributed by atoms with Gasteiger partial charge in [-0.3, -0.25) is 9.48 Å². The van der Waals surface area contributed by atoms with Gasteiger partial charge < -0.3 is 10.1 Å². The number of nitrogens with zero attached hydrogens (tertiary/aromatic N) is 2. The van der Waals surface area contributed by atoms with Gasteiger partial charge in [0.2, 0.25) is 0 Å². The number of halogens is 1. The van der Waals surface area contributed by atoms with E-state index in [0.29, 0.717) is 40.0 Å². The van der Waals surface area contributed by atoms with E-state index < -0.39 is 0 Å². The number of carbonyl (C=O) groups is 1. The van der Waals surface area contributed by atoms with Crippen molar-refractivity contribution in [1.29, 1.82) is 0 Å². The minimum atomic E-state index is -0.330. The monoisotopic (exact) mass is 355 g/mol. The number of hydrogen-bond donors (Lipinski definition) is 1. The van der Waals surface area contributed by atoms with Gasteiger partial charge in [-0.05, 0) is 30.7 Å². The Morgan fingerprint density at radius 3 is 2.52 bits per heavy atom. The van der Waals surface area contributed by atoms with Crippen LogP contribution in [0.25, 0.3) is 0 Å². The maximum Gasteiger partial charge on any atom is 0.275 e. The number of amides is 1. The number of aromatic nitrogens is 2. The minimum absolute atomic E-state index is 0.327. The van der Waals surface area contributed by atoms with Gasteiger partial charge in [-0.25, -0.2) is 0 Å². The van der Waals surface area contributed by atoms with Crippen LogP contribution in [0.2, 0.25) is 5.02 Å². The van der Waals surface area contributed by atoms with Crippen molar-refractivity contribution >= 4 is 23.2 Å². The lowest BCUT2D eigenvalue weighted by Gasteiger charge is -2.12. The Bertz CT molecular complexity index is 891. The summed E-state index contributed by atoms with van der Waals surface area (Å²) in [6, 6.07) is 16.6. The normalized spacial score (nSPS) is 10.5.